The molecular formula is C34H35F3N4O3. The average molecular weight is 605 g/mol. The summed E-state index contributed by atoms with van der Waals surface area (Å²) in [6.45, 7) is 2.30. The van der Waals surface area contributed by atoms with E-state index in [9.17, 15) is 27.6 Å². The molecule has 6 rings (SSSR count). The zero-order valence-corrected chi connectivity index (χ0v) is 24.3. The first-order valence-electron chi connectivity index (χ1n) is 15.2. The lowest BCUT2D eigenvalue weighted by molar-refractivity contribution is -0.137. The summed E-state index contributed by atoms with van der Waals surface area (Å²) in [7, 11) is 0. The number of pyridine rings is 1. The van der Waals surface area contributed by atoms with Crippen LogP contribution in [0.3, 0.4) is 0 Å². The van der Waals surface area contributed by atoms with Crippen LogP contribution in [0.15, 0.2) is 77.1 Å². The molecule has 2 N–H and O–H groups in total. The predicted octanol–water partition coefficient (Wildman–Crippen LogP) is 6.36. The Morgan fingerprint density at radius 3 is 2.52 bits per heavy atom. The Hall–Kier alpha value is -4.34. The molecule has 230 valence electrons. The molecule has 44 heavy (non-hydrogen) atoms. The van der Waals surface area contributed by atoms with Gasteiger partial charge in [-0.3, -0.25) is 14.4 Å². The van der Waals surface area contributed by atoms with Crippen LogP contribution < -0.4 is 21.1 Å². The van der Waals surface area contributed by atoms with E-state index >= 15 is 0 Å². The zero-order valence-electron chi connectivity index (χ0n) is 24.3. The number of alkyl halides is 3. The van der Waals surface area contributed by atoms with Crippen LogP contribution in [0.25, 0.3) is 0 Å². The number of nitrogens with one attached hydrogen (secondary N) is 2. The van der Waals surface area contributed by atoms with Crippen LogP contribution in [0, 0.1) is 5.92 Å². The van der Waals surface area contributed by atoms with Gasteiger partial charge in [-0.15, -0.1) is 0 Å². The number of nitrogens with zero attached hydrogens (tertiary/aromatic N) is 2. The summed E-state index contributed by atoms with van der Waals surface area (Å²) >= 11 is 0. The molecule has 1 aliphatic carbocycles. The van der Waals surface area contributed by atoms with Gasteiger partial charge < -0.3 is 20.1 Å². The van der Waals surface area contributed by atoms with E-state index in [2.05, 4.69) is 21.6 Å². The third-order valence-corrected chi connectivity index (χ3v) is 8.90. The van der Waals surface area contributed by atoms with Crippen LogP contribution in [-0.2, 0) is 12.7 Å². The molecule has 2 amide bonds. The van der Waals surface area contributed by atoms with Crippen molar-refractivity contribution in [2.75, 3.05) is 29.9 Å². The Kier molecular flexibility index (Phi) is 8.33. The normalized spacial score (nSPS) is 19.5. The Balaban J connectivity index is 1.27. The summed E-state index contributed by atoms with van der Waals surface area (Å²) in [6.07, 6.45) is 3.85. The average Bonchev–Trinajstić information content (AvgIpc) is 3.01. The maximum absolute atomic E-state index is 13.4. The van der Waals surface area contributed by atoms with Gasteiger partial charge in [0.05, 0.1) is 16.9 Å². The number of aromatic nitrogens is 1. The molecule has 2 aromatic carbocycles. The van der Waals surface area contributed by atoms with E-state index in [1.807, 2.05) is 10.6 Å². The number of halogens is 3. The zero-order chi connectivity index (χ0) is 30.8. The Morgan fingerprint density at radius 1 is 0.909 bits per heavy atom. The van der Waals surface area contributed by atoms with Gasteiger partial charge in [-0.25, -0.2) is 0 Å². The largest absolute Gasteiger partial charge is 0.416 e. The van der Waals surface area contributed by atoms with Crippen LogP contribution >= 0.6 is 0 Å². The fourth-order valence-corrected chi connectivity index (χ4v) is 6.75. The van der Waals surface area contributed by atoms with Crippen LogP contribution in [0.1, 0.15) is 76.4 Å². The van der Waals surface area contributed by atoms with Crippen molar-refractivity contribution in [1.82, 2.24) is 9.88 Å². The number of piperidine rings is 1. The number of fused-ring (bicyclic) bond motifs is 4. The van der Waals surface area contributed by atoms with Gasteiger partial charge in [0, 0.05) is 55.0 Å². The van der Waals surface area contributed by atoms with Gasteiger partial charge in [-0.2, -0.15) is 13.2 Å². The van der Waals surface area contributed by atoms with E-state index in [0.717, 1.165) is 49.9 Å². The molecule has 0 radical (unpaired) electrons. The van der Waals surface area contributed by atoms with Crippen LogP contribution in [0.5, 0.6) is 0 Å². The summed E-state index contributed by atoms with van der Waals surface area (Å²) in [4.78, 5) is 41.1. The van der Waals surface area contributed by atoms with Crippen molar-refractivity contribution in [2.45, 2.75) is 57.2 Å². The summed E-state index contributed by atoms with van der Waals surface area (Å²) in [6, 6.07) is 14.7. The van der Waals surface area contributed by atoms with Crippen molar-refractivity contribution < 1.29 is 22.8 Å². The fraction of sp³-hybridized carbons (Fsp3) is 0.382. The van der Waals surface area contributed by atoms with Crippen LogP contribution in [0.2, 0.25) is 0 Å². The Morgan fingerprint density at radius 2 is 1.73 bits per heavy atom. The predicted molar refractivity (Wildman–Crippen MR) is 163 cm³/mol. The number of benzene rings is 2. The molecule has 3 aliphatic rings. The Bertz CT molecular complexity index is 1660. The van der Waals surface area contributed by atoms with Crippen LogP contribution in [-0.4, -0.2) is 36.0 Å². The molecule has 0 unspecified atom stereocenters. The number of anilines is 2. The third-order valence-electron chi connectivity index (χ3n) is 8.90. The molecule has 2 bridgehead atoms. The second kappa shape index (κ2) is 12.3. The minimum atomic E-state index is -4.59. The minimum absolute atomic E-state index is 0.0187. The van der Waals surface area contributed by atoms with Gasteiger partial charge in [0.15, 0.2) is 0 Å². The number of hydrogen-bond donors (Lipinski definition) is 2. The third kappa shape index (κ3) is 6.44. The van der Waals surface area contributed by atoms with Crippen LogP contribution in [0.4, 0.5) is 24.5 Å². The quantitative estimate of drug-likeness (QED) is 0.308. The molecule has 1 saturated heterocycles. The van der Waals surface area contributed by atoms with Gasteiger partial charge in [-0.05, 0) is 86.9 Å². The highest BCUT2D eigenvalue weighted by atomic mass is 19.4. The first-order valence-corrected chi connectivity index (χ1v) is 15.2. The molecule has 0 spiro atoms. The summed E-state index contributed by atoms with van der Waals surface area (Å²) < 4.78 is 41.9. The first-order chi connectivity index (χ1) is 21.2. The van der Waals surface area contributed by atoms with Crippen molar-refractivity contribution in [1.29, 1.82) is 0 Å². The minimum Gasteiger partial charge on any atom is -0.369 e. The smallest absolute Gasteiger partial charge is 0.369 e. The molecule has 3 aromatic rings. The molecule has 1 fully saturated rings. The molecule has 7 nitrogen and oxygen atoms in total. The van der Waals surface area contributed by atoms with Gasteiger partial charge >= 0.3 is 6.18 Å². The molecule has 2 atom stereocenters. The molecule has 0 saturated carbocycles. The van der Waals surface area contributed by atoms with E-state index < -0.39 is 17.6 Å². The van der Waals surface area contributed by atoms with Crippen molar-refractivity contribution in [2.24, 2.45) is 5.92 Å². The molecule has 3 heterocycles. The lowest BCUT2D eigenvalue weighted by atomic mass is 9.83. The van der Waals surface area contributed by atoms with Gasteiger partial charge in [0.25, 0.3) is 17.4 Å². The van der Waals surface area contributed by atoms with Crippen molar-refractivity contribution >= 4 is 23.2 Å². The number of allylic oxidation sites excluding steroid dienone is 1. The van der Waals surface area contributed by atoms with E-state index in [4.69, 9.17) is 0 Å². The lowest BCUT2D eigenvalue weighted by Gasteiger charge is -2.44. The monoisotopic (exact) mass is 604 g/mol. The highest BCUT2D eigenvalue weighted by Crippen LogP contribution is 2.39. The summed E-state index contributed by atoms with van der Waals surface area (Å²) in [5, 5.41) is 5.77. The van der Waals surface area contributed by atoms with Gasteiger partial charge in [0.2, 0.25) is 0 Å². The maximum atomic E-state index is 13.4. The van der Waals surface area contributed by atoms with E-state index in [1.165, 1.54) is 24.1 Å². The van der Waals surface area contributed by atoms with E-state index in [1.54, 1.807) is 30.3 Å². The number of carbonyl (C=O) groups is 2. The molecule has 2 aliphatic heterocycles. The fourth-order valence-electron chi connectivity index (χ4n) is 6.75. The SMILES string of the molecule is O=C(NCCC1=CCCCC1)c1ccc(N2C[C@H]3C[C@@H](C2)c2cccc(=O)n2C3)c(NC(=O)c2cccc(C(F)(F)F)c2)c1. The molecular weight excluding hydrogens is 569 g/mol. The highest BCUT2D eigenvalue weighted by molar-refractivity contribution is 6.07. The number of rotatable bonds is 7. The van der Waals surface area contributed by atoms with E-state index in [-0.39, 0.29) is 28.9 Å². The molecule has 10 heteroatoms. The lowest BCUT2D eigenvalue weighted by Crippen LogP contribution is -2.47. The second-order valence-corrected chi connectivity index (χ2v) is 12.0. The standard InChI is InChI=1S/C34H35F3N4O3/c35-34(36,37)27-9-4-8-24(17-27)33(44)39-28-18-25(32(43)38-15-14-22-6-2-1-3-7-22)12-13-30(28)40-19-23-16-26(21-40)29-10-5-11-31(42)41(29)20-23/h4-6,8-13,17-18,23,26H,1-3,7,14-16,19-21H2,(H,38,43)(H,39,44)/t23-,26+/m1/s1. The summed E-state index contributed by atoms with van der Waals surface area (Å²) in [5.74, 6) is -0.689. The van der Waals surface area contributed by atoms with Crippen molar-refractivity contribution in [3.8, 4) is 0 Å². The summed E-state index contributed by atoms with van der Waals surface area (Å²) in [5.41, 5.74) is 2.62. The van der Waals surface area contributed by atoms with Gasteiger partial charge in [0.1, 0.15) is 0 Å². The number of hydrogen-bond acceptors (Lipinski definition) is 4. The first kappa shape index (κ1) is 29.7. The maximum Gasteiger partial charge on any atom is 0.416 e. The van der Waals surface area contributed by atoms with Gasteiger partial charge in [-0.1, -0.05) is 23.8 Å². The number of carbonyl (C=O) groups excluding carboxylic acids is 2. The molecule has 1 aromatic heterocycles. The second-order valence-electron chi connectivity index (χ2n) is 12.0. The van der Waals surface area contributed by atoms with Crippen molar-refractivity contribution in [3.63, 3.8) is 0 Å². The number of amides is 2. The Labute approximate surface area is 253 Å². The van der Waals surface area contributed by atoms with Crippen molar-refractivity contribution in [3.05, 3.63) is 105 Å². The van der Waals surface area contributed by atoms with E-state index in [0.29, 0.717) is 43.1 Å². The topological polar surface area (TPSA) is 83.4 Å². The highest BCUT2D eigenvalue weighted by Gasteiger charge is 2.36.